The van der Waals surface area contributed by atoms with Crippen LogP contribution in [0.3, 0.4) is 0 Å². The molecule has 0 radical (unpaired) electrons. The largest absolute Gasteiger partial charge is 0.497 e. The van der Waals surface area contributed by atoms with Gasteiger partial charge in [-0.25, -0.2) is 0 Å². The SMILES string of the molecule is COc1ccc(C(=O)N2C[C@@H]3CN(CCO3)C(=O)[C@@H]3C[C@@H](CN3Cc3ccncc3)NC(=O)C[C@@H]3O[C@H](C2)[C@@H](O)[C@H]3O)cc1. The summed E-state index contributed by atoms with van der Waals surface area (Å²) in [5, 5.41) is 24.7. The van der Waals surface area contributed by atoms with Crippen molar-refractivity contribution < 1.29 is 38.8 Å². The van der Waals surface area contributed by atoms with E-state index < -0.39 is 36.6 Å². The quantitative estimate of drug-likeness (QED) is 0.410. The van der Waals surface area contributed by atoms with Gasteiger partial charge in [0.1, 0.15) is 24.1 Å². The van der Waals surface area contributed by atoms with Crippen LogP contribution in [0.15, 0.2) is 48.8 Å². The second-order valence-electron chi connectivity index (χ2n) is 11.9. The zero-order chi connectivity index (χ0) is 30.8. The van der Waals surface area contributed by atoms with Gasteiger partial charge in [0.25, 0.3) is 5.91 Å². The number of fused-ring (bicyclic) bond motifs is 6. The normalized spacial score (nSPS) is 31.6. The number of ether oxygens (including phenoxy) is 3. The van der Waals surface area contributed by atoms with Gasteiger partial charge in [0.15, 0.2) is 0 Å². The van der Waals surface area contributed by atoms with Crippen LogP contribution in [-0.4, -0.2) is 137 Å². The number of hydrogen-bond acceptors (Lipinski definition) is 10. The van der Waals surface area contributed by atoms with E-state index in [0.717, 1.165) is 5.56 Å². The molecule has 2 aromatic rings. The highest BCUT2D eigenvalue weighted by atomic mass is 16.5. The van der Waals surface area contributed by atoms with Gasteiger partial charge in [-0.2, -0.15) is 0 Å². The first-order valence-corrected chi connectivity index (χ1v) is 15.1. The maximum atomic E-state index is 14.0. The number of likely N-dealkylation sites (tertiary alicyclic amines) is 1. The Kier molecular flexibility index (Phi) is 9.10. The van der Waals surface area contributed by atoms with E-state index >= 15 is 0 Å². The number of amides is 3. The monoisotopic (exact) mass is 609 g/mol. The molecule has 5 heterocycles. The van der Waals surface area contributed by atoms with Crippen molar-refractivity contribution >= 4 is 17.7 Å². The molecular formula is C31H39N5O8. The highest BCUT2D eigenvalue weighted by Crippen LogP contribution is 2.28. The molecule has 7 atom stereocenters. The van der Waals surface area contributed by atoms with Crippen molar-refractivity contribution in [2.24, 2.45) is 0 Å². The number of aliphatic hydroxyl groups excluding tert-OH is 2. The predicted molar refractivity (Wildman–Crippen MR) is 155 cm³/mol. The Morgan fingerprint density at radius 2 is 1.77 bits per heavy atom. The summed E-state index contributed by atoms with van der Waals surface area (Å²) in [4.78, 5) is 50.4. The summed E-state index contributed by atoms with van der Waals surface area (Å²) in [6, 6.07) is 9.75. The van der Waals surface area contributed by atoms with Gasteiger partial charge in [0, 0.05) is 63.3 Å². The van der Waals surface area contributed by atoms with Crippen LogP contribution in [0.4, 0.5) is 0 Å². The first-order valence-electron chi connectivity index (χ1n) is 15.1. The summed E-state index contributed by atoms with van der Waals surface area (Å²) in [5.74, 6) is -0.105. The summed E-state index contributed by atoms with van der Waals surface area (Å²) in [5.41, 5.74) is 1.40. The molecule has 0 spiro atoms. The number of hydrogen-bond donors (Lipinski definition) is 3. The van der Waals surface area contributed by atoms with Crippen LogP contribution in [0.2, 0.25) is 0 Å². The number of carbonyl (C=O) groups excluding carboxylic acids is 3. The minimum absolute atomic E-state index is 0.0417. The lowest BCUT2D eigenvalue weighted by atomic mass is 10.0. The number of rotatable bonds is 4. The van der Waals surface area contributed by atoms with Gasteiger partial charge in [-0.3, -0.25) is 24.3 Å². The van der Waals surface area contributed by atoms with Crippen molar-refractivity contribution in [2.75, 3.05) is 46.4 Å². The maximum Gasteiger partial charge on any atom is 0.254 e. The molecule has 236 valence electrons. The number of morpholine rings is 1. The van der Waals surface area contributed by atoms with Crippen molar-refractivity contribution in [3.05, 3.63) is 59.9 Å². The number of pyridine rings is 1. The first kappa shape index (κ1) is 30.4. The lowest BCUT2D eigenvalue weighted by molar-refractivity contribution is -0.144. The average molecular weight is 610 g/mol. The van der Waals surface area contributed by atoms with Gasteiger partial charge < -0.3 is 39.5 Å². The minimum atomic E-state index is -1.30. The number of nitrogens with zero attached hydrogens (tertiary/aromatic N) is 4. The van der Waals surface area contributed by atoms with Crippen LogP contribution in [0, 0.1) is 0 Å². The van der Waals surface area contributed by atoms with E-state index in [0.29, 0.717) is 44.0 Å². The van der Waals surface area contributed by atoms with E-state index in [2.05, 4.69) is 15.2 Å². The van der Waals surface area contributed by atoms with E-state index in [1.807, 2.05) is 12.1 Å². The van der Waals surface area contributed by atoms with Crippen LogP contribution in [-0.2, 0) is 25.6 Å². The molecule has 44 heavy (non-hydrogen) atoms. The standard InChI is InChI=1S/C31H39N5O8/c1-42-22-4-2-20(3-5-22)30(40)36-17-23-16-34(10-11-43-23)31(41)24-12-21(15-35(24)14-19-6-8-32-9-7-19)33-27(37)13-25-28(38)29(39)26(18-36)44-25/h2-9,21,23-26,28-29,38-39H,10-18H2,1H3,(H,33,37)/t21-,23-,24-,25-,26+,28-,29+/m0/s1. The molecule has 1 aromatic carbocycles. The van der Waals surface area contributed by atoms with Crippen LogP contribution in [0.25, 0.3) is 0 Å². The number of methoxy groups -OCH3 is 1. The molecule has 4 aliphatic rings. The second-order valence-corrected chi connectivity index (χ2v) is 11.9. The first-order chi connectivity index (χ1) is 21.3. The highest BCUT2D eigenvalue weighted by Gasteiger charge is 2.46. The molecule has 0 saturated carbocycles. The van der Waals surface area contributed by atoms with Crippen molar-refractivity contribution in [1.29, 1.82) is 0 Å². The lowest BCUT2D eigenvalue weighted by Gasteiger charge is -2.38. The fourth-order valence-electron chi connectivity index (χ4n) is 6.64. The molecule has 6 rings (SSSR count). The summed E-state index contributed by atoms with van der Waals surface area (Å²) >= 11 is 0. The van der Waals surface area contributed by atoms with E-state index in [4.69, 9.17) is 14.2 Å². The Bertz CT molecular complexity index is 1330. The fraction of sp³-hybridized carbons (Fsp3) is 0.548. The van der Waals surface area contributed by atoms with E-state index in [9.17, 15) is 24.6 Å². The molecule has 4 fully saturated rings. The summed E-state index contributed by atoms with van der Waals surface area (Å²) in [6.07, 6.45) is -1.27. The Morgan fingerprint density at radius 1 is 1.02 bits per heavy atom. The lowest BCUT2D eigenvalue weighted by Crippen LogP contribution is -2.55. The molecule has 13 nitrogen and oxygen atoms in total. The third-order valence-electron chi connectivity index (χ3n) is 8.94. The molecule has 13 heteroatoms. The van der Waals surface area contributed by atoms with Gasteiger partial charge in [-0.15, -0.1) is 0 Å². The number of carbonyl (C=O) groups is 3. The maximum absolute atomic E-state index is 14.0. The van der Waals surface area contributed by atoms with Crippen LogP contribution >= 0.6 is 0 Å². The third-order valence-corrected chi connectivity index (χ3v) is 8.94. The van der Waals surface area contributed by atoms with Gasteiger partial charge in [0.05, 0.1) is 38.4 Å². The molecular weight excluding hydrogens is 570 g/mol. The van der Waals surface area contributed by atoms with E-state index in [1.54, 1.807) is 48.7 Å². The molecule has 3 amide bonds. The second kappa shape index (κ2) is 13.2. The van der Waals surface area contributed by atoms with Crippen LogP contribution in [0.1, 0.15) is 28.8 Å². The van der Waals surface area contributed by atoms with E-state index in [1.165, 1.54) is 4.90 Å². The molecule has 0 aliphatic carbocycles. The summed E-state index contributed by atoms with van der Waals surface area (Å²) < 4.78 is 17.3. The molecule has 0 unspecified atom stereocenters. The van der Waals surface area contributed by atoms with E-state index in [-0.39, 0.29) is 49.8 Å². The third kappa shape index (κ3) is 6.57. The molecule has 4 aliphatic heterocycles. The van der Waals surface area contributed by atoms with Crippen LogP contribution in [0.5, 0.6) is 5.75 Å². The Balaban J connectivity index is 1.28. The van der Waals surface area contributed by atoms with Crippen molar-refractivity contribution in [2.45, 2.75) is 62.0 Å². The molecule has 1 aromatic heterocycles. The summed E-state index contributed by atoms with van der Waals surface area (Å²) in [7, 11) is 1.54. The van der Waals surface area contributed by atoms with Crippen molar-refractivity contribution in [3.8, 4) is 5.75 Å². The Hall–Kier alpha value is -3.62. The average Bonchev–Trinajstić information content (AvgIpc) is 3.55. The topological polar surface area (TPSA) is 154 Å². The zero-order valence-electron chi connectivity index (χ0n) is 24.7. The summed E-state index contributed by atoms with van der Waals surface area (Å²) in [6.45, 7) is 2.08. The number of benzene rings is 1. The smallest absolute Gasteiger partial charge is 0.254 e. The van der Waals surface area contributed by atoms with Gasteiger partial charge >= 0.3 is 0 Å². The Labute approximate surface area is 255 Å². The molecule has 3 N–H and O–H groups in total. The van der Waals surface area contributed by atoms with Gasteiger partial charge in [-0.1, -0.05) is 0 Å². The number of aromatic nitrogens is 1. The molecule has 4 saturated heterocycles. The molecule has 6 bridgehead atoms. The zero-order valence-corrected chi connectivity index (χ0v) is 24.7. The van der Waals surface area contributed by atoms with Crippen molar-refractivity contribution in [1.82, 2.24) is 25.0 Å². The fourth-order valence-corrected chi connectivity index (χ4v) is 6.64. The van der Waals surface area contributed by atoms with Gasteiger partial charge in [-0.05, 0) is 48.4 Å². The number of nitrogens with one attached hydrogen (secondary N) is 1. The number of aliphatic hydroxyl groups is 2. The minimum Gasteiger partial charge on any atom is -0.497 e. The van der Waals surface area contributed by atoms with Crippen LogP contribution < -0.4 is 10.1 Å². The predicted octanol–water partition coefficient (Wildman–Crippen LogP) is -0.588. The van der Waals surface area contributed by atoms with Gasteiger partial charge in [0.2, 0.25) is 11.8 Å². The highest BCUT2D eigenvalue weighted by molar-refractivity contribution is 5.94. The Morgan fingerprint density at radius 3 is 2.52 bits per heavy atom. The van der Waals surface area contributed by atoms with Crippen molar-refractivity contribution in [3.63, 3.8) is 0 Å².